The lowest BCUT2D eigenvalue weighted by Gasteiger charge is -2.36. The molecule has 8 nitrogen and oxygen atoms in total. The average molecular weight is 436 g/mol. The molecule has 1 amide bonds. The first-order valence-electron chi connectivity index (χ1n) is 9.08. The molecule has 0 saturated carbocycles. The Bertz CT molecular complexity index is 697. The fourth-order valence-corrected chi connectivity index (χ4v) is 2.24. The Morgan fingerprint density at radius 2 is 1.63 bits per heavy atom. The lowest BCUT2D eigenvalue weighted by molar-refractivity contribution is -0.192. The highest BCUT2D eigenvalue weighted by Crippen LogP contribution is 2.24. The van der Waals surface area contributed by atoms with Crippen molar-refractivity contribution >= 4 is 17.8 Å². The molecule has 1 aromatic rings. The molecule has 0 aliphatic carbocycles. The second kappa shape index (κ2) is 12.1. The van der Waals surface area contributed by atoms with E-state index in [1.165, 1.54) is 4.90 Å². The Morgan fingerprint density at radius 1 is 1.13 bits per heavy atom. The van der Waals surface area contributed by atoms with Crippen LogP contribution in [0, 0.1) is 0 Å². The van der Waals surface area contributed by atoms with Gasteiger partial charge in [-0.1, -0.05) is 37.3 Å². The number of halogens is 3. The Hall–Kier alpha value is -2.66. The molecule has 0 aromatic heterocycles. The van der Waals surface area contributed by atoms with Crippen LogP contribution in [-0.2, 0) is 24.8 Å². The summed E-state index contributed by atoms with van der Waals surface area (Å²) in [4.78, 5) is 34.2. The van der Waals surface area contributed by atoms with Crippen LogP contribution in [0.3, 0.4) is 0 Å². The van der Waals surface area contributed by atoms with E-state index in [-0.39, 0.29) is 19.0 Å². The van der Waals surface area contributed by atoms with E-state index in [0.29, 0.717) is 12.2 Å². The third-order valence-electron chi connectivity index (χ3n) is 3.75. The molecule has 0 radical (unpaired) electrons. The van der Waals surface area contributed by atoms with Crippen LogP contribution in [0.25, 0.3) is 0 Å². The summed E-state index contributed by atoms with van der Waals surface area (Å²) in [6, 6.07) is 8.71. The van der Waals surface area contributed by atoms with Gasteiger partial charge in [0.25, 0.3) is 5.91 Å². The fraction of sp³-hybridized carbons (Fsp3) is 0.526. The van der Waals surface area contributed by atoms with Crippen LogP contribution in [0.5, 0.6) is 0 Å². The zero-order valence-corrected chi connectivity index (χ0v) is 17.0. The van der Waals surface area contributed by atoms with Gasteiger partial charge in [-0.05, 0) is 20.3 Å². The number of carbonyl (C=O) groups is 3. The fourth-order valence-electron chi connectivity index (χ4n) is 2.24. The van der Waals surface area contributed by atoms with Crippen molar-refractivity contribution < 1.29 is 42.5 Å². The van der Waals surface area contributed by atoms with Crippen LogP contribution in [0.1, 0.15) is 39.2 Å². The Labute approximate surface area is 172 Å². The minimum absolute atomic E-state index is 0.0904. The SMILES string of the molecule is CCCOC(N)(C(=O)N(CCC(=O)O)C(C)C)c1ccccc1.O=C(O)C(F)(F)F. The molecule has 0 aliphatic rings. The summed E-state index contributed by atoms with van der Waals surface area (Å²) in [5.41, 5.74) is 5.28. The monoisotopic (exact) mass is 436 g/mol. The van der Waals surface area contributed by atoms with Crippen molar-refractivity contribution in [3.8, 4) is 0 Å². The molecule has 0 fully saturated rings. The molecule has 0 bridgehead atoms. The predicted molar refractivity (Wildman–Crippen MR) is 101 cm³/mol. The Morgan fingerprint density at radius 3 is 2.00 bits per heavy atom. The number of hydrogen-bond donors (Lipinski definition) is 3. The first kappa shape index (κ1) is 27.3. The van der Waals surface area contributed by atoms with Crippen LogP contribution < -0.4 is 5.73 Å². The third-order valence-corrected chi connectivity index (χ3v) is 3.75. The highest BCUT2D eigenvalue weighted by molar-refractivity contribution is 5.86. The summed E-state index contributed by atoms with van der Waals surface area (Å²) in [6.45, 7) is 6.01. The lowest BCUT2D eigenvalue weighted by Crippen LogP contribution is -2.56. The number of aliphatic carboxylic acids is 2. The molecule has 1 atom stereocenters. The second-order valence-electron chi connectivity index (χ2n) is 6.49. The van der Waals surface area contributed by atoms with Crippen LogP contribution in [0.4, 0.5) is 13.2 Å². The van der Waals surface area contributed by atoms with E-state index in [2.05, 4.69) is 0 Å². The molecule has 4 N–H and O–H groups in total. The molecule has 0 spiro atoms. The van der Waals surface area contributed by atoms with E-state index in [1.807, 2.05) is 26.8 Å². The van der Waals surface area contributed by atoms with Crippen molar-refractivity contribution in [1.29, 1.82) is 0 Å². The van der Waals surface area contributed by atoms with E-state index in [4.69, 9.17) is 25.5 Å². The lowest BCUT2D eigenvalue weighted by atomic mass is 10.0. The Kier molecular flexibility index (Phi) is 11.1. The number of nitrogens with zero attached hydrogens (tertiary/aromatic N) is 1. The Balaban J connectivity index is 0.00000103. The van der Waals surface area contributed by atoms with Crippen LogP contribution in [0.2, 0.25) is 0 Å². The summed E-state index contributed by atoms with van der Waals surface area (Å²) >= 11 is 0. The van der Waals surface area contributed by atoms with Crippen molar-refractivity contribution in [2.24, 2.45) is 5.73 Å². The number of amides is 1. The summed E-state index contributed by atoms with van der Waals surface area (Å²) in [5.74, 6) is -4.14. The van der Waals surface area contributed by atoms with Gasteiger partial charge in [0, 0.05) is 24.8 Å². The van der Waals surface area contributed by atoms with E-state index in [0.717, 1.165) is 6.42 Å². The number of rotatable bonds is 9. The number of nitrogens with two attached hydrogens (primary N) is 1. The zero-order chi connectivity index (χ0) is 23.5. The van der Waals surface area contributed by atoms with Gasteiger partial charge in [-0.2, -0.15) is 13.2 Å². The van der Waals surface area contributed by atoms with E-state index in [9.17, 15) is 22.8 Å². The van der Waals surface area contributed by atoms with Gasteiger partial charge < -0.3 is 19.8 Å². The van der Waals surface area contributed by atoms with Crippen molar-refractivity contribution in [2.45, 2.75) is 51.6 Å². The number of ether oxygens (including phenoxy) is 1. The predicted octanol–water partition coefficient (Wildman–Crippen LogP) is 2.57. The van der Waals surface area contributed by atoms with Gasteiger partial charge in [-0.15, -0.1) is 0 Å². The van der Waals surface area contributed by atoms with Crippen molar-refractivity contribution in [2.75, 3.05) is 13.2 Å². The van der Waals surface area contributed by atoms with E-state index in [1.54, 1.807) is 24.3 Å². The molecule has 1 unspecified atom stereocenters. The smallest absolute Gasteiger partial charge is 0.481 e. The molecule has 11 heteroatoms. The highest BCUT2D eigenvalue weighted by Gasteiger charge is 2.41. The topological polar surface area (TPSA) is 130 Å². The molecule has 1 rings (SSSR count). The molecule has 0 aliphatic heterocycles. The number of carboxylic acids is 2. The van der Waals surface area contributed by atoms with Gasteiger partial charge >= 0.3 is 18.1 Å². The number of alkyl halides is 3. The van der Waals surface area contributed by atoms with Crippen LogP contribution in [0.15, 0.2) is 30.3 Å². The standard InChI is InChI=1S/C17H26N2O4.C2HF3O2/c1-4-12-23-17(18,14-8-6-5-7-9-14)16(22)19(13(2)3)11-10-15(20)21;3-2(4,5)1(6)7/h5-9,13H,4,10-12,18H2,1-3H3,(H,20,21);(H,6,7). The number of benzene rings is 1. The molecular weight excluding hydrogens is 409 g/mol. The number of carbonyl (C=O) groups excluding carboxylic acids is 1. The molecule has 1 aromatic carbocycles. The highest BCUT2D eigenvalue weighted by atomic mass is 19.4. The maximum absolute atomic E-state index is 13.0. The molecule has 170 valence electrons. The number of hydrogen-bond acceptors (Lipinski definition) is 5. The molecule has 0 saturated heterocycles. The first-order valence-corrected chi connectivity index (χ1v) is 9.08. The van der Waals surface area contributed by atoms with Crippen LogP contribution >= 0.6 is 0 Å². The normalized spacial score (nSPS) is 13.1. The second-order valence-corrected chi connectivity index (χ2v) is 6.49. The number of carboxylic acid groups (broad SMARTS) is 2. The zero-order valence-electron chi connectivity index (χ0n) is 17.0. The quantitative estimate of drug-likeness (QED) is 0.507. The minimum atomic E-state index is -5.08. The summed E-state index contributed by atoms with van der Waals surface area (Å²) < 4.78 is 37.4. The van der Waals surface area contributed by atoms with Gasteiger partial charge in [-0.3, -0.25) is 15.3 Å². The average Bonchev–Trinajstić information content (AvgIpc) is 2.66. The van der Waals surface area contributed by atoms with Gasteiger partial charge in [0.05, 0.1) is 6.42 Å². The maximum atomic E-state index is 13.0. The first-order chi connectivity index (χ1) is 13.8. The van der Waals surface area contributed by atoms with Crippen LogP contribution in [-0.4, -0.2) is 58.3 Å². The molecule has 30 heavy (non-hydrogen) atoms. The van der Waals surface area contributed by atoms with Crippen molar-refractivity contribution in [1.82, 2.24) is 4.90 Å². The van der Waals surface area contributed by atoms with Gasteiger partial charge in [0.2, 0.25) is 5.72 Å². The molecular formula is C19H27F3N2O6. The summed E-state index contributed by atoms with van der Waals surface area (Å²) in [7, 11) is 0. The maximum Gasteiger partial charge on any atom is 0.490 e. The van der Waals surface area contributed by atoms with E-state index >= 15 is 0 Å². The molecule has 0 heterocycles. The van der Waals surface area contributed by atoms with Crippen molar-refractivity contribution in [3.63, 3.8) is 0 Å². The largest absolute Gasteiger partial charge is 0.490 e. The van der Waals surface area contributed by atoms with Gasteiger partial charge in [-0.25, -0.2) is 4.79 Å². The van der Waals surface area contributed by atoms with E-state index < -0.39 is 29.7 Å². The minimum Gasteiger partial charge on any atom is -0.481 e. The summed E-state index contributed by atoms with van der Waals surface area (Å²) in [5, 5.41) is 16.0. The van der Waals surface area contributed by atoms with Gasteiger partial charge in [0.15, 0.2) is 0 Å². The third kappa shape index (κ3) is 8.78. The van der Waals surface area contributed by atoms with Crippen molar-refractivity contribution in [3.05, 3.63) is 35.9 Å². The van der Waals surface area contributed by atoms with Gasteiger partial charge in [0.1, 0.15) is 0 Å². The summed E-state index contributed by atoms with van der Waals surface area (Å²) in [6.07, 6.45) is -4.50.